The molecule has 1 aliphatic rings. The fourth-order valence-electron chi connectivity index (χ4n) is 3.82. The molecule has 1 saturated heterocycles. The predicted molar refractivity (Wildman–Crippen MR) is 121 cm³/mol. The third kappa shape index (κ3) is 7.55. The number of hydrogen-bond acceptors (Lipinski definition) is 8. The first-order valence-corrected chi connectivity index (χ1v) is 12.0. The lowest BCUT2D eigenvalue weighted by Gasteiger charge is -2.23. The summed E-state index contributed by atoms with van der Waals surface area (Å²) in [5.74, 6) is -0.258. The molecule has 9 heteroatoms. The Morgan fingerprint density at radius 1 is 0.938 bits per heavy atom. The second kappa shape index (κ2) is 12.7. The Morgan fingerprint density at radius 2 is 1.56 bits per heavy atom. The van der Waals surface area contributed by atoms with Crippen LogP contribution in [0, 0.1) is 5.82 Å². The van der Waals surface area contributed by atoms with Crippen molar-refractivity contribution in [1.82, 2.24) is 9.88 Å². The van der Waals surface area contributed by atoms with Crippen molar-refractivity contribution in [2.24, 2.45) is 0 Å². The molecular formula is C23H33FN2O5S. The molecule has 1 fully saturated rings. The van der Waals surface area contributed by atoms with E-state index in [0.717, 1.165) is 48.4 Å². The Labute approximate surface area is 192 Å². The Hall–Kier alpha value is -1.46. The molecule has 3 rings (SSSR count). The van der Waals surface area contributed by atoms with E-state index in [9.17, 15) is 24.8 Å². The number of thiazole rings is 1. The molecule has 0 amide bonds. The predicted octanol–water partition coefficient (Wildman–Crippen LogP) is 2.18. The molecular weight excluding hydrogens is 435 g/mol. The minimum atomic E-state index is -1.31. The summed E-state index contributed by atoms with van der Waals surface area (Å²) in [6, 6.07) is 6.30. The van der Waals surface area contributed by atoms with E-state index in [2.05, 4.69) is 4.98 Å². The Bertz CT molecular complexity index is 790. The lowest BCUT2D eigenvalue weighted by atomic mass is 10.1. The van der Waals surface area contributed by atoms with Crippen molar-refractivity contribution < 1.29 is 29.6 Å². The molecule has 1 aliphatic heterocycles. The number of aromatic nitrogens is 1. The number of rotatable bonds is 11. The third-order valence-corrected chi connectivity index (χ3v) is 6.53. The van der Waals surface area contributed by atoms with Gasteiger partial charge in [-0.05, 0) is 43.7 Å². The van der Waals surface area contributed by atoms with Gasteiger partial charge in [0, 0.05) is 30.6 Å². The van der Waals surface area contributed by atoms with Gasteiger partial charge in [0.1, 0.15) is 23.0 Å². The van der Waals surface area contributed by atoms with Crippen molar-refractivity contribution in [3.05, 3.63) is 40.5 Å². The summed E-state index contributed by atoms with van der Waals surface area (Å²) in [4.78, 5) is 6.43. The third-order valence-electron chi connectivity index (χ3n) is 5.71. The van der Waals surface area contributed by atoms with E-state index in [1.165, 1.54) is 23.5 Å². The van der Waals surface area contributed by atoms with Gasteiger partial charge in [-0.2, -0.15) is 0 Å². The SMILES string of the molecule is O[C@H]1[C@H](O)[C@@H](O)CN(CCCCCCCOCc2nc(-c3ccc(F)cc3)cs2)C[C@@H]1O. The van der Waals surface area contributed by atoms with Gasteiger partial charge in [-0.25, -0.2) is 9.37 Å². The van der Waals surface area contributed by atoms with Crippen molar-refractivity contribution in [3.8, 4) is 11.3 Å². The molecule has 0 unspecified atom stereocenters. The summed E-state index contributed by atoms with van der Waals surface area (Å²) in [5.41, 5.74) is 1.73. The fraction of sp³-hybridized carbons (Fsp3) is 0.609. The van der Waals surface area contributed by atoms with Crippen molar-refractivity contribution >= 4 is 11.3 Å². The Kier molecular flexibility index (Phi) is 9.98. The van der Waals surface area contributed by atoms with E-state index in [0.29, 0.717) is 19.8 Å². The second-order valence-electron chi connectivity index (χ2n) is 8.33. The van der Waals surface area contributed by atoms with E-state index in [-0.39, 0.29) is 18.9 Å². The van der Waals surface area contributed by atoms with Crippen molar-refractivity contribution in [3.63, 3.8) is 0 Å². The first kappa shape index (κ1) is 25.2. The first-order chi connectivity index (χ1) is 15.4. The largest absolute Gasteiger partial charge is 0.389 e. The van der Waals surface area contributed by atoms with E-state index >= 15 is 0 Å². The first-order valence-electron chi connectivity index (χ1n) is 11.2. The van der Waals surface area contributed by atoms with Gasteiger partial charge in [-0.1, -0.05) is 19.3 Å². The molecule has 7 nitrogen and oxygen atoms in total. The van der Waals surface area contributed by atoms with Gasteiger partial charge in [0.15, 0.2) is 0 Å². The maximum atomic E-state index is 13.0. The normalized spacial score (nSPS) is 24.5. The van der Waals surface area contributed by atoms with Crippen LogP contribution in [0.3, 0.4) is 0 Å². The quantitative estimate of drug-likeness (QED) is 0.375. The smallest absolute Gasteiger partial charge is 0.123 e. The summed E-state index contributed by atoms with van der Waals surface area (Å²) < 4.78 is 18.7. The number of ether oxygens (including phenoxy) is 1. The number of β-amino-alcohol motifs (C(OH)–C–C–N with tert-alkyl or cyclic N) is 2. The van der Waals surface area contributed by atoms with Crippen LogP contribution in [0.2, 0.25) is 0 Å². The van der Waals surface area contributed by atoms with Crippen LogP contribution in [-0.2, 0) is 11.3 Å². The summed E-state index contributed by atoms with van der Waals surface area (Å²) in [6.45, 7) is 2.37. The number of halogens is 1. The van der Waals surface area contributed by atoms with Crippen LogP contribution in [0.15, 0.2) is 29.6 Å². The number of nitrogens with zero attached hydrogens (tertiary/aromatic N) is 2. The van der Waals surface area contributed by atoms with E-state index in [1.54, 1.807) is 12.1 Å². The van der Waals surface area contributed by atoms with Crippen LogP contribution >= 0.6 is 11.3 Å². The molecule has 4 N–H and O–H groups in total. The number of aliphatic hydroxyl groups is 4. The standard InChI is InChI=1S/C23H33FN2O5S/c24-17-8-6-16(7-9-17)18-15-32-21(25-18)14-31-11-5-3-1-2-4-10-26-12-19(27)22(29)23(30)20(28)13-26/h6-9,15,19-20,22-23,27-30H,1-5,10-14H2/t19-,20-,22+,23+/m0/s1. The molecule has 0 saturated carbocycles. The van der Waals surface area contributed by atoms with Gasteiger partial charge in [0.05, 0.1) is 24.5 Å². The molecule has 0 bridgehead atoms. The van der Waals surface area contributed by atoms with Gasteiger partial charge < -0.3 is 25.2 Å². The van der Waals surface area contributed by atoms with Crippen LogP contribution in [0.25, 0.3) is 11.3 Å². The second-order valence-corrected chi connectivity index (χ2v) is 9.27. The molecule has 1 aromatic heterocycles. The van der Waals surface area contributed by atoms with Crippen molar-refractivity contribution in [2.45, 2.75) is 63.1 Å². The van der Waals surface area contributed by atoms with E-state index < -0.39 is 24.4 Å². The average Bonchev–Trinajstić information content (AvgIpc) is 3.22. The molecule has 0 aliphatic carbocycles. The molecule has 1 aromatic carbocycles. The summed E-state index contributed by atoms with van der Waals surface area (Å²) >= 11 is 1.54. The maximum absolute atomic E-state index is 13.0. The number of benzene rings is 1. The van der Waals surface area contributed by atoms with Gasteiger partial charge in [-0.15, -0.1) is 11.3 Å². The van der Waals surface area contributed by atoms with Crippen molar-refractivity contribution in [1.29, 1.82) is 0 Å². The summed E-state index contributed by atoms with van der Waals surface area (Å²) in [5, 5.41) is 42.1. The number of hydrogen-bond donors (Lipinski definition) is 4. The van der Waals surface area contributed by atoms with Gasteiger partial charge >= 0.3 is 0 Å². The zero-order valence-electron chi connectivity index (χ0n) is 18.1. The maximum Gasteiger partial charge on any atom is 0.123 e. The van der Waals surface area contributed by atoms with Crippen LogP contribution in [-0.4, -0.2) is 81.0 Å². The molecule has 0 spiro atoms. The van der Waals surface area contributed by atoms with Crippen molar-refractivity contribution in [2.75, 3.05) is 26.2 Å². The highest BCUT2D eigenvalue weighted by molar-refractivity contribution is 7.09. The molecule has 2 aromatic rings. The van der Waals surface area contributed by atoms with Crippen LogP contribution < -0.4 is 0 Å². The van der Waals surface area contributed by atoms with Gasteiger partial charge in [-0.3, -0.25) is 4.90 Å². The summed E-state index contributed by atoms with van der Waals surface area (Å²) in [7, 11) is 0. The zero-order chi connectivity index (χ0) is 22.9. The minimum Gasteiger partial charge on any atom is -0.389 e. The van der Waals surface area contributed by atoms with Crippen LogP contribution in [0.1, 0.15) is 37.1 Å². The number of aliphatic hydroxyl groups excluding tert-OH is 4. The molecule has 0 radical (unpaired) electrons. The minimum absolute atomic E-state index is 0.253. The molecule has 2 heterocycles. The monoisotopic (exact) mass is 468 g/mol. The highest BCUT2D eigenvalue weighted by Gasteiger charge is 2.35. The van der Waals surface area contributed by atoms with E-state index in [1.807, 2.05) is 10.3 Å². The fourth-order valence-corrected chi connectivity index (χ4v) is 4.56. The van der Waals surface area contributed by atoms with Gasteiger partial charge in [0.2, 0.25) is 0 Å². The molecule has 32 heavy (non-hydrogen) atoms. The highest BCUT2D eigenvalue weighted by Crippen LogP contribution is 2.22. The average molecular weight is 469 g/mol. The topological polar surface area (TPSA) is 106 Å². The molecule has 4 atom stereocenters. The van der Waals surface area contributed by atoms with E-state index in [4.69, 9.17) is 4.74 Å². The Balaban J connectivity index is 1.23. The summed E-state index contributed by atoms with van der Waals surface area (Å²) in [6.07, 6.45) is 0.325. The lowest BCUT2D eigenvalue weighted by Crippen LogP contribution is -2.43. The highest BCUT2D eigenvalue weighted by atomic mass is 32.1. The van der Waals surface area contributed by atoms with Gasteiger partial charge in [0.25, 0.3) is 0 Å². The van der Waals surface area contributed by atoms with Crippen LogP contribution in [0.4, 0.5) is 4.39 Å². The molecule has 178 valence electrons. The number of unbranched alkanes of at least 4 members (excludes halogenated alkanes) is 4. The zero-order valence-corrected chi connectivity index (χ0v) is 19.0. The number of likely N-dealkylation sites (tertiary alicyclic amines) is 1. The lowest BCUT2D eigenvalue weighted by molar-refractivity contribution is -0.0894. The van der Waals surface area contributed by atoms with Crippen LogP contribution in [0.5, 0.6) is 0 Å². The Morgan fingerprint density at radius 3 is 2.25 bits per heavy atom.